The molecule has 0 radical (unpaired) electrons. The van der Waals surface area contributed by atoms with Crippen molar-refractivity contribution in [2.24, 2.45) is 0 Å². The lowest BCUT2D eigenvalue weighted by atomic mass is 10.1. The van der Waals surface area contributed by atoms with Gasteiger partial charge in [-0.2, -0.15) is 0 Å². The zero-order valence-corrected chi connectivity index (χ0v) is 23.3. The summed E-state index contributed by atoms with van der Waals surface area (Å²) in [6.45, 7) is 1.22. The third-order valence-electron chi connectivity index (χ3n) is 5.71. The second-order valence-electron chi connectivity index (χ2n) is 8.08. The number of benzene rings is 3. The van der Waals surface area contributed by atoms with E-state index in [4.69, 9.17) is 34.8 Å². The number of sulfonamides is 1. The van der Waals surface area contributed by atoms with Gasteiger partial charge in [-0.25, -0.2) is 8.42 Å². The quantitative estimate of drug-likeness (QED) is 0.347. The third-order valence-corrected chi connectivity index (χ3v) is 8.54. The lowest BCUT2D eigenvalue weighted by Gasteiger charge is -2.33. The van der Waals surface area contributed by atoms with E-state index in [1.54, 1.807) is 55.5 Å². The Hall–Kier alpha value is -2.78. The molecule has 0 unspecified atom stereocenters. The molecule has 3 aromatic rings. The van der Waals surface area contributed by atoms with Crippen molar-refractivity contribution in [3.05, 3.63) is 93.4 Å². The van der Waals surface area contributed by atoms with Crippen LogP contribution in [0, 0.1) is 0 Å². The number of nitrogens with zero attached hydrogens (tertiary/aromatic N) is 2. The molecule has 0 bridgehead atoms. The van der Waals surface area contributed by atoms with Crippen molar-refractivity contribution in [1.82, 2.24) is 10.2 Å². The molecular weight excluding hydrogens is 557 g/mol. The number of nitrogens with one attached hydrogen (secondary N) is 1. The molecule has 0 aromatic heterocycles. The smallest absolute Gasteiger partial charge is 0.264 e. The highest BCUT2D eigenvalue weighted by Crippen LogP contribution is 2.35. The van der Waals surface area contributed by atoms with Gasteiger partial charge in [-0.1, -0.05) is 78.1 Å². The lowest BCUT2D eigenvalue weighted by molar-refractivity contribution is -0.140. The van der Waals surface area contributed by atoms with Gasteiger partial charge in [0.25, 0.3) is 10.0 Å². The van der Waals surface area contributed by atoms with Crippen molar-refractivity contribution in [2.75, 3.05) is 17.9 Å². The van der Waals surface area contributed by atoms with Crippen LogP contribution in [-0.2, 0) is 26.2 Å². The number of rotatable bonds is 10. The largest absolute Gasteiger partial charge is 0.357 e. The van der Waals surface area contributed by atoms with Crippen LogP contribution in [0.1, 0.15) is 18.9 Å². The van der Waals surface area contributed by atoms with Crippen LogP contribution in [0.3, 0.4) is 0 Å². The van der Waals surface area contributed by atoms with Gasteiger partial charge in [-0.05, 0) is 48.4 Å². The summed E-state index contributed by atoms with van der Waals surface area (Å²) in [5.74, 6) is -0.969. The van der Waals surface area contributed by atoms with Gasteiger partial charge in [0.2, 0.25) is 11.8 Å². The first kappa shape index (κ1) is 28.8. The number of carbonyl (C=O) groups is 2. The van der Waals surface area contributed by atoms with Gasteiger partial charge < -0.3 is 10.2 Å². The molecule has 2 amide bonds. The van der Waals surface area contributed by atoms with Crippen LogP contribution in [0.4, 0.5) is 5.69 Å². The molecule has 196 valence electrons. The summed E-state index contributed by atoms with van der Waals surface area (Å²) in [6.07, 6.45) is 0.308. The van der Waals surface area contributed by atoms with Gasteiger partial charge in [0.15, 0.2) is 0 Å². The minimum absolute atomic E-state index is 0.0148. The molecule has 0 fully saturated rings. The number of hydrogen-bond acceptors (Lipinski definition) is 4. The Balaban J connectivity index is 2.09. The fourth-order valence-electron chi connectivity index (χ4n) is 3.79. The summed E-state index contributed by atoms with van der Waals surface area (Å²) in [7, 11) is -2.75. The van der Waals surface area contributed by atoms with E-state index in [1.807, 2.05) is 0 Å². The standard InChI is InChI=1S/C26H26Cl3N3O4S/c1-3-22(26(34)30-2)31(16-18-12-14-19(27)15-13-18)24(33)17-32(23-11-7-10-21(28)25(23)29)37(35,36)20-8-5-4-6-9-20/h4-15,22H,3,16-17H2,1-2H3,(H,30,34)/t22-/m1/s1. The number of halogens is 3. The molecule has 1 N–H and O–H groups in total. The SMILES string of the molecule is CC[C@H](C(=O)NC)N(Cc1ccc(Cl)cc1)C(=O)CN(c1cccc(Cl)c1Cl)S(=O)(=O)c1ccccc1. The Morgan fingerprint density at radius 2 is 1.57 bits per heavy atom. The fraction of sp³-hybridized carbons (Fsp3) is 0.231. The van der Waals surface area contributed by atoms with E-state index >= 15 is 0 Å². The predicted molar refractivity (Wildman–Crippen MR) is 148 cm³/mol. The molecule has 0 spiro atoms. The maximum absolute atomic E-state index is 13.8. The van der Waals surface area contributed by atoms with Crippen LogP contribution >= 0.6 is 34.8 Å². The molecule has 7 nitrogen and oxygen atoms in total. The summed E-state index contributed by atoms with van der Waals surface area (Å²) in [5.41, 5.74) is 0.768. The van der Waals surface area contributed by atoms with E-state index in [-0.39, 0.29) is 33.1 Å². The van der Waals surface area contributed by atoms with Crippen LogP contribution in [0.2, 0.25) is 15.1 Å². The maximum Gasteiger partial charge on any atom is 0.264 e. The van der Waals surface area contributed by atoms with Crippen molar-refractivity contribution in [3.63, 3.8) is 0 Å². The van der Waals surface area contributed by atoms with Crippen LogP contribution < -0.4 is 9.62 Å². The molecule has 0 aliphatic rings. The number of anilines is 1. The molecule has 11 heteroatoms. The third kappa shape index (κ3) is 6.76. The van der Waals surface area contributed by atoms with Crippen molar-refractivity contribution >= 4 is 62.3 Å². The van der Waals surface area contributed by atoms with Gasteiger partial charge >= 0.3 is 0 Å². The summed E-state index contributed by atoms with van der Waals surface area (Å²) < 4.78 is 28.4. The van der Waals surface area contributed by atoms with Crippen molar-refractivity contribution in [1.29, 1.82) is 0 Å². The number of hydrogen-bond donors (Lipinski definition) is 1. The summed E-state index contributed by atoms with van der Waals surface area (Å²) in [4.78, 5) is 27.9. The van der Waals surface area contributed by atoms with E-state index < -0.39 is 28.5 Å². The summed E-state index contributed by atoms with van der Waals surface area (Å²) >= 11 is 18.6. The molecule has 0 saturated heterocycles. The molecule has 1 atom stereocenters. The predicted octanol–water partition coefficient (Wildman–Crippen LogP) is 5.40. The average Bonchev–Trinajstić information content (AvgIpc) is 2.90. The Labute approximate surface area is 232 Å². The van der Waals surface area contributed by atoms with Gasteiger partial charge in [-0.15, -0.1) is 0 Å². The van der Waals surface area contributed by atoms with Crippen molar-refractivity contribution < 1.29 is 18.0 Å². The van der Waals surface area contributed by atoms with E-state index in [0.717, 1.165) is 9.87 Å². The molecule has 0 aliphatic carbocycles. The second kappa shape index (κ2) is 12.6. The van der Waals surface area contributed by atoms with E-state index in [1.165, 1.54) is 36.2 Å². The molecule has 0 heterocycles. The lowest BCUT2D eigenvalue weighted by Crippen LogP contribution is -2.51. The fourth-order valence-corrected chi connectivity index (χ4v) is 5.81. The van der Waals surface area contributed by atoms with Gasteiger partial charge in [0.05, 0.1) is 20.6 Å². The number of amides is 2. The molecule has 3 aromatic carbocycles. The van der Waals surface area contributed by atoms with Crippen molar-refractivity contribution in [3.8, 4) is 0 Å². The molecule has 3 rings (SSSR count). The second-order valence-corrected chi connectivity index (χ2v) is 11.2. The minimum Gasteiger partial charge on any atom is -0.357 e. The van der Waals surface area contributed by atoms with Crippen LogP contribution in [0.25, 0.3) is 0 Å². The highest BCUT2D eigenvalue weighted by Gasteiger charge is 2.34. The van der Waals surface area contributed by atoms with Gasteiger partial charge in [0, 0.05) is 18.6 Å². The van der Waals surface area contributed by atoms with E-state index in [9.17, 15) is 18.0 Å². The summed E-state index contributed by atoms with van der Waals surface area (Å²) in [5, 5.41) is 3.22. The Morgan fingerprint density at radius 3 is 2.16 bits per heavy atom. The Kier molecular flexibility index (Phi) is 9.84. The highest BCUT2D eigenvalue weighted by molar-refractivity contribution is 7.92. The first-order valence-corrected chi connectivity index (χ1v) is 13.9. The first-order valence-electron chi connectivity index (χ1n) is 11.4. The van der Waals surface area contributed by atoms with Crippen molar-refractivity contribution in [2.45, 2.75) is 30.8 Å². The Bertz CT molecular complexity index is 1350. The average molecular weight is 583 g/mol. The number of likely N-dealkylation sites (N-methyl/N-ethyl adjacent to an activating group) is 1. The zero-order chi connectivity index (χ0) is 27.2. The van der Waals surface area contributed by atoms with E-state index in [0.29, 0.717) is 11.4 Å². The highest BCUT2D eigenvalue weighted by atomic mass is 35.5. The molecule has 0 saturated carbocycles. The van der Waals surface area contributed by atoms with Crippen LogP contribution in [-0.4, -0.2) is 44.8 Å². The Morgan fingerprint density at radius 1 is 0.919 bits per heavy atom. The zero-order valence-electron chi connectivity index (χ0n) is 20.2. The summed E-state index contributed by atoms with van der Waals surface area (Å²) in [6, 6.07) is 18.2. The molecular formula is C26H26Cl3N3O4S. The van der Waals surface area contributed by atoms with E-state index in [2.05, 4.69) is 5.32 Å². The first-order chi connectivity index (χ1) is 17.6. The van der Waals surface area contributed by atoms with Crippen LogP contribution in [0.15, 0.2) is 77.7 Å². The van der Waals surface area contributed by atoms with Gasteiger partial charge in [0.1, 0.15) is 12.6 Å². The monoisotopic (exact) mass is 581 g/mol. The maximum atomic E-state index is 13.8. The van der Waals surface area contributed by atoms with Crippen LogP contribution in [0.5, 0.6) is 0 Å². The topological polar surface area (TPSA) is 86.8 Å². The normalized spacial score (nSPS) is 12.0. The molecule has 0 aliphatic heterocycles. The molecule has 37 heavy (non-hydrogen) atoms. The minimum atomic E-state index is -4.23. The number of carbonyl (C=O) groups excluding carboxylic acids is 2. The van der Waals surface area contributed by atoms with Gasteiger partial charge in [-0.3, -0.25) is 13.9 Å².